The Morgan fingerprint density at radius 2 is 1.82 bits per heavy atom. The summed E-state index contributed by atoms with van der Waals surface area (Å²) in [4.78, 5) is 26.6. The standard InChI is InChI=1S/C27H25FN2O4/c1-16-12-22(9-6-19(16)7-11-25(31)32)34-21-5-3-4-18(13-21)15-29-27(33)26-17(2)23-14-20(28)8-10-24(23)30-26/h3-6,8-10,12-14,30H,7,11,15H2,1-2H3,(H,29,33)(H,31,32). The number of nitrogens with one attached hydrogen (secondary N) is 2. The summed E-state index contributed by atoms with van der Waals surface area (Å²) in [7, 11) is 0. The highest BCUT2D eigenvalue weighted by Crippen LogP contribution is 2.26. The maximum Gasteiger partial charge on any atom is 0.303 e. The fourth-order valence-electron chi connectivity index (χ4n) is 3.91. The van der Waals surface area contributed by atoms with Gasteiger partial charge in [0.15, 0.2) is 0 Å². The average Bonchev–Trinajstić information content (AvgIpc) is 3.13. The van der Waals surface area contributed by atoms with Crippen molar-refractivity contribution in [2.75, 3.05) is 0 Å². The predicted octanol–water partition coefficient (Wildman–Crippen LogP) is 5.66. The number of rotatable bonds is 8. The Labute approximate surface area is 196 Å². The minimum atomic E-state index is -0.822. The van der Waals surface area contributed by atoms with Gasteiger partial charge < -0.3 is 20.1 Å². The minimum absolute atomic E-state index is 0.0870. The highest BCUT2D eigenvalue weighted by Gasteiger charge is 2.15. The second-order valence-electron chi connectivity index (χ2n) is 8.23. The molecule has 1 amide bonds. The molecule has 0 atom stereocenters. The van der Waals surface area contributed by atoms with E-state index in [4.69, 9.17) is 9.84 Å². The molecule has 0 aliphatic heterocycles. The number of hydrogen-bond donors (Lipinski definition) is 3. The molecule has 1 aromatic heterocycles. The largest absolute Gasteiger partial charge is 0.481 e. The van der Waals surface area contributed by atoms with Crippen LogP contribution in [-0.4, -0.2) is 22.0 Å². The molecular formula is C27H25FN2O4. The molecule has 0 saturated heterocycles. The number of carboxylic acid groups (broad SMARTS) is 1. The summed E-state index contributed by atoms with van der Waals surface area (Å²) in [6.07, 6.45) is 0.561. The van der Waals surface area contributed by atoms with Crippen molar-refractivity contribution in [1.82, 2.24) is 10.3 Å². The summed E-state index contributed by atoms with van der Waals surface area (Å²) >= 11 is 0. The molecule has 6 nitrogen and oxygen atoms in total. The number of ether oxygens (including phenoxy) is 1. The van der Waals surface area contributed by atoms with Crippen molar-refractivity contribution in [3.05, 3.63) is 94.4 Å². The molecule has 1 heterocycles. The van der Waals surface area contributed by atoms with Crippen molar-refractivity contribution in [1.29, 1.82) is 0 Å². The van der Waals surface area contributed by atoms with Crippen LogP contribution in [0.5, 0.6) is 11.5 Å². The molecule has 0 radical (unpaired) electrons. The molecule has 174 valence electrons. The fourth-order valence-corrected chi connectivity index (χ4v) is 3.91. The Morgan fingerprint density at radius 1 is 1.03 bits per heavy atom. The molecule has 0 spiro atoms. The van der Waals surface area contributed by atoms with Crippen LogP contribution >= 0.6 is 0 Å². The first-order valence-electron chi connectivity index (χ1n) is 10.9. The van der Waals surface area contributed by atoms with Crippen molar-refractivity contribution in [3.63, 3.8) is 0 Å². The van der Waals surface area contributed by atoms with Crippen LogP contribution in [-0.2, 0) is 17.8 Å². The molecule has 4 rings (SSSR count). The lowest BCUT2D eigenvalue weighted by Crippen LogP contribution is -2.23. The molecule has 0 aliphatic carbocycles. The molecule has 34 heavy (non-hydrogen) atoms. The number of fused-ring (bicyclic) bond motifs is 1. The van der Waals surface area contributed by atoms with Crippen LogP contribution in [0.15, 0.2) is 60.7 Å². The number of amides is 1. The fraction of sp³-hybridized carbons (Fsp3) is 0.185. The van der Waals surface area contributed by atoms with E-state index in [0.29, 0.717) is 46.6 Å². The van der Waals surface area contributed by atoms with E-state index in [1.54, 1.807) is 13.0 Å². The number of halogens is 1. The molecule has 0 unspecified atom stereocenters. The Bertz CT molecular complexity index is 1380. The van der Waals surface area contributed by atoms with Gasteiger partial charge in [0.05, 0.1) is 0 Å². The van der Waals surface area contributed by atoms with Crippen molar-refractivity contribution in [2.24, 2.45) is 0 Å². The second-order valence-corrected chi connectivity index (χ2v) is 8.23. The van der Waals surface area contributed by atoms with E-state index in [0.717, 1.165) is 16.7 Å². The van der Waals surface area contributed by atoms with E-state index in [1.165, 1.54) is 12.1 Å². The second kappa shape index (κ2) is 9.79. The van der Waals surface area contributed by atoms with Crippen LogP contribution in [0.1, 0.15) is 39.2 Å². The summed E-state index contributed by atoms with van der Waals surface area (Å²) in [6.45, 7) is 4.01. The third-order valence-corrected chi connectivity index (χ3v) is 5.76. The number of H-pyrrole nitrogens is 1. The highest BCUT2D eigenvalue weighted by molar-refractivity contribution is 6.00. The minimum Gasteiger partial charge on any atom is -0.481 e. The van der Waals surface area contributed by atoms with Crippen LogP contribution in [0.4, 0.5) is 4.39 Å². The van der Waals surface area contributed by atoms with Gasteiger partial charge in [0.25, 0.3) is 5.91 Å². The first kappa shape index (κ1) is 23.0. The molecule has 7 heteroatoms. The maximum atomic E-state index is 13.5. The summed E-state index contributed by atoms with van der Waals surface area (Å²) in [5.41, 5.74) is 4.62. The van der Waals surface area contributed by atoms with Gasteiger partial charge in [-0.2, -0.15) is 0 Å². The monoisotopic (exact) mass is 460 g/mol. The van der Waals surface area contributed by atoms with E-state index in [9.17, 15) is 14.0 Å². The van der Waals surface area contributed by atoms with Crippen LogP contribution in [0.3, 0.4) is 0 Å². The van der Waals surface area contributed by atoms with Crippen molar-refractivity contribution in [3.8, 4) is 11.5 Å². The number of carboxylic acids is 1. The Morgan fingerprint density at radius 3 is 2.59 bits per heavy atom. The summed E-state index contributed by atoms with van der Waals surface area (Å²) in [6, 6.07) is 17.4. The number of hydrogen-bond acceptors (Lipinski definition) is 3. The maximum absolute atomic E-state index is 13.5. The Hall–Kier alpha value is -4.13. The summed E-state index contributed by atoms with van der Waals surface area (Å²) in [5.74, 6) is -0.158. The van der Waals surface area contributed by atoms with Crippen molar-refractivity contribution >= 4 is 22.8 Å². The number of carbonyl (C=O) groups is 2. The van der Waals surface area contributed by atoms with Gasteiger partial charge in [0.2, 0.25) is 0 Å². The van der Waals surface area contributed by atoms with Crippen LogP contribution in [0, 0.1) is 19.7 Å². The van der Waals surface area contributed by atoms with Crippen LogP contribution in [0.2, 0.25) is 0 Å². The van der Waals surface area contributed by atoms with Gasteiger partial charge in [0.1, 0.15) is 23.0 Å². The van der Waals surface area contributed by atoms with Crippen molar-refractivity contribution < 1.29 is 23.8 Å². The predicted molar refractivity (Wildman–Crippen MR) is 128 cm³/mol. The molecule has 0 fully saturated rings. The molecule has 3 N–H and O–H groups in total. The van der Waals surface area contributed by atoms with Gasteiger partial charge in [0, 0.05) is 23.9 Å². The zero-order chi connectivity index (χ0) is 24.2. The number of benzene rings is 3. The Kier molecular flexibility index (Phi) is 6.63. The third kappa shape index (κ3) is 5.26. The molecule has 0 aliphatic rings. The number of aromatic nitrogens is 1. The van der Waals surface area contributed by atoms with Gasteiger partial charge in [-0.3, -0.25) is 9.59 Å². The van der Waals surface area contributed by atoms with E-state index < -0.39 is 5.97 Å². The van der Waals surface area contributed by atoms with Gasteiger partial charge in [-0.1, -0.05) is 18.2 Å². The highest BCUT2D eigenvalue weighted by atomic mass is 19.1. The SMILES string of the molecule is Cc1cc(Oc2cccc(CNC(=O)c3[nH]c4ccc(F)cc4c3C)c2)ccc1CCC(=O)O. The van der Waals surface area contributed by atoms with Gasteiger partial charge in [-0.05, 0) is 85.0 Å². The third-order valence-electron chi connectivity index (χ3n) is 5.76. The zero-order valence-electron chi connectivity index (χ0n) is 18.9. The lowest BCUT2D eigenvalue weighted by atomic mass is 10.0. The van der Waals surface area contributed by atoms with Gasteiger partial charge in [-0.15, -0.1) is 0 Å². The summed E-state index contributed by atoms with van der Waals surface area (Å²) < 4.78 is 19.5. The first-order chi connectivity index (χ1) is 16.3. The number of carbonyl (C=O) groups excluding carboxylic acids is 1. The van der Waals surface area contributed by atoms with Gasteiger partial charge in [-0.25, -0.2) is 4.39 Å². The molecular weight excluding hydrogens is 435 g/mol. The number of aromatic amines is 1. The first-order valence-corrected chi connectivity index (χ1v) is 10.9. The Balaban J connectivity index is 1.41. The van der Waals surface area contributed by atoms with Crippen LogP contribution < -0.4 is 10.1 Å². The number of aliphatic carboxylic acids is 1. The number of aryl methyl sites for hydroxylation is 3. The van der Waals surface area contributed by atoms with E-state index in [2.05, 4.69) is 10.3 Å². The van der Waals surface area contributed by atoms with Crippen LogP contribution in [0.25, 0.3) is 10.9 Å². The lowest BCUT2D eigenvalue weighted by molar-refractivity contribution is -0.136. The quantitative estimate of drug-likeness (QED) is 0.316. The average molecular weight is 461 g/mol. The van der Waals surface area contributed by atoms with E-state index in [1.807, 2.05) is 49.4 Å². The van der Waals surface area contributed by atoms with Crippen molar-refractivity contribution in [2.45, 2.75) is 33.2 Å². The molecule has 0 bridgehead atoms. The molecule has 4 aromatic rings. The zero-order valence-corrected chi connectivity index (χ0v) is 18.9. The van der Waals surface area contributed by atoms with E-state index >= 15 is 0 Å². The van der Waals surface area contributed by atoms with Gasteiger partial charge >= 0.3 is 5.97 Å². The topological polar surface area (TPSA) is 91.4 Å². The molecule has 3 aromatic carbocycles. The molecule has 0 saturated carbocycles. The lowest BCUT2D eigenvalue weighted by Gasteiger charge is -2.11. The summed E-state index contributed by atoms with van der Waals surface area (Å²) in [5, 5.41) is 12.5. The normalized spacial score (nSPS) is 10.9. The smallest absolute Gasteiger partial charge is 0.303 e. The van der Waals surface area contributed by atoms with E-state index in [-0.39, 0.29) is 18.1 Å².